The lowest BCUT2D eigenvalue weighted by atomic mass is 9.96. The summed E-state index contributed by atoms with van der Waals surface area (Å²) in [6.45, 7) is 2.18. The second kappa shape index (κ2) is 6.10. The lowest BCUT2D eigenvalue weighted by Gasteiger charge is -2.17. The monoisotopic (exact) mass is 369 g/mol. The van der Waals surface area contributed by atoms with Gasteiger partial charge in [0.25, 0.3) is 0 Å². The van der Waals surface area contributed by atoms with Crippen LogP contribution in [0.5, 0.6) is 0 Å². The van der Waals surface area contributed by atoms with Crippen LogP contribution in [0.15, 0.2) is 47.4 Å². The van der Waals surface area contributed by atoms with Crippen molar-refractivity contribution >= 4 is 33.2 Å². The fraction of sp³-hybridized carbons (Fsp3) is 0.294. The number of halogens is 2. The highest BCUT2D eigenvalue weighted by atomic mass is 35.5. The van der Waals surface area contributed by atoms with Crippen molar-refractivity contribution in [3.05, 3.63) is 63.6 Å². The van der Waals surface area contributed by atoms with Crippen LogP contribution >= 0.6 is 23.2 Å². The average molecular weight is 370 g/mol. The molecule has 0 aliphatic heterocycles. The molecule has 2 aromatic rings. The molecule has 0 radical (unpaired) electrons. The van der Waals surface area contributed by atoms with Crippen molar-refractivity contribution in [1.82, 2.24) is 4.72 Å². The van der Waals surface area contributed by atoms with Crippen molar-refractivity contribution in [2.24, 2.45) is 0 Å². The third-order valence-corrected chi connectivity index (χ3v) is 6.43. The van der Waals surface area contributed by atoms with E-state index in [1.165, 1.54) is 6.07 Å². The molecule has 0 heterocycles. The summed E-state index contributed by atoms with van der Waals surface area (Å²) < 4.78 is 27.7. The molecule has 0 spiro atoms. The van der Waals surface area contributed by atoms with E-state index in [9.17, 15) is 8.42 Å². The van der Waals surface area contributed by atoms with Gasteiger partial charge in [0.2, 0.25) is 10.0 Å². The van der Waals surface area contributed by atoms with E-state index in [1.54, 1.807) is 19.1 Å². The largest absolute Gasteiger partial charge is 0.240 e. The molecule has 1 aliphatic rings. The van der Waals surface area contributed by atoms with Gasteiger partial charge in [-0.1, -0.05) is 35.3 Å². The molecule has 0 bridgehead atoms. The van der Waals surface area contributed by atoms with Crippen molar-refractivity contribution < 1.29 is 8.42 Å². The Labute approximate surface area is 146 Å². The van der Waals surface area contributed by atoms with Crippen LogP contribution in [0.2, 0.25) is 10.0 Å². The zero-order valence-corrected chi connectivity index (χ0v) is 15.0. The first-order valence-corrected chi connectivity index (χ1v) is 9.58. The first kappa shape index (κ1) is 16.8. The minimum Gasteiger partial charge on any atom is -0.210 e. The van der Waals surface area contributed by atoms with Crippen molar-refractivity contribution in [3.8, 4) is 0 Å². The summed E-state index contributed by atoms with van der Waals surface area (Å²) in [7, 11) is -3.54. The van der Waals surface area contributed by atoms with Crippen LogP contribution in [0.1, 0.15) is 24.0 Å². The fourth-order valence-corrected chi connectivity index (χ4v) is 4.08. The molecule has 3 nitrogen and oxygen atoms in total. The van der Waals surface area contributed by atoms with E-state index in [0.717, 1.165) is 24.0 Å². The summed E-state index contributed by atoms with van der Waals surface area (Å²) in [5.74, 6) is 0. The maximum absolute atomic E-state index is 12.5. The Bertz CT molecular complexity index is 828. The molecular formula is C17H17Cl2NO2S. The van der Waals surface area contributed by atoms with Gasteiger partial charge in [0.05, 0.1) is 4.90 Å². The molecule has 2 aromatic carbocycles. The minimum absolute atomic E-state index is 0.112. The minimum atomic E-state index is -3.54. The van der Waals surface area contributed by atoms with Gasteiger partial charge in [-0.25, -0.2) is 13.1 Å². The molecule has 1 N–H and O–H groups in total. The SMILES string of the molecule is Cc1cc(S(=O)(=O)NCC2(c3ccc(Cl)cc3)CC2)ccc1Cl. The molecule has 0 atom stereocenters. The lowest BCUT2D eigenvalue weighted by molar-refractivity contribution is 0.567. The molecule has 0 aromatic heterocycles. The Hall–Kier alpha value is -1.07. The lowest BCUT2D eigenvalue weighted by Crippen LogP contribution is -2.32. The maximum atomic E-state index is 12.5. The summed E-state index contributed by atoms with van der Waals surface area (Å²) >= 11 is 11.9. The first-order valence-electron chi connectivity index (χ1n) is 7.34. The second-order valence-electron chi connectivity index (χ2n) is 6.02. The second-order valence-corrected chi connectivity index (χ2v) is 8.63. The first-order chi connectivity index (χ1) is 10.8. The number of benzene rings is 2. The molecule has 0 amide bonds. The summed E-state index contributed by atoms with van der Waals surface area (Å²) in [6, 6.07) is 12.3. The highest BCUT2D eigenvalue weighted by molar-refractivity contribution is 7.89. The van der Waals surface area contributed by atoms with E-state index in [4.69, 9.17) is 23.2 Å². The Balaban J connectivity index is 1.76. The van der Waals surface area contributed by atoms with Crippen molar-refractivity contribution in [3.63, 3.8) is 0 Å². The number of hydrogen-bond donors (Lipinski definition) is 1. The molecule has 1 aliphatic carbocycles. The molecular weight excluding hydrogens is 353 g/mol. The van der Waals surface area contributed by atoms with Gasteiger partial charge in [-0.05, 0) is 61.2 Å². The summed E-state index contributed by atoms with van der Waals surface area (Å²) in [5.41, 5.74) is 1.75. The molecule has 23 heavy (non-hydrogen) atoms. The smallest absolute Gasteiger partial charge is 0.210 e. The van der Waals surface area contributed by atoms with Crippen LogP contribution in [0.3, 0.4) is 0 Å². The van der Waals surface area contributed by atoms with Gasteiger partial charge >= 0.3 is 0 Å². The zero-order chi connectivity index (χ0) is 16.7. The highest BCUT2D eigenvalue weighted by Crippen LogP contribution is 2.48. The van der Waals surface area contributed by atoms with Crippen LogP contribution in [-0.2, 0) is 15.4 Å². The van der Waals surface area contributed by atoms with E-state index in [0.29, 0.717) is 16.6 Å². The Morgan fingerprint density at radius 3 is 2.30 bits per heavy atom. The molecule has 0 unspecified atom stereocenters. The number of rotatable bonds is 5. The van der Waals surface area contributed by atoms with Crippen LogP contribution in [0.25, 0.3) is 0 Å². The third-order valence-electron chi connectivity index (χ3n) is 4.35. The molecule has 1 saturated carbocycles. The highest BCUT2D eigenvalue weighted by Gasteiger charge is 2.44. The normalized spacial score (nSPS) is 16.3. The Kier molecular flexibility index (Phi) is 4.45. The van der Waals surface area contributed by atoms with Gasteiger partial charge in [-0.2, -0.15) is 0 Å². The van der Waals surface area contributed by atoms with Gasteiger partial charge in [0.1, 0.15) is 0 Å². The van der Waals surface area contributed by atoms with Crippen LogP contribution in [0.4, 0.5) is 0 Å². The summed E-state index contributed by atoms with van der Waals surface area (Å²) in [4.78, 5) is 0.242. The van der Waals surface area contributed by atoms with E-state index in [-0.39, 0.29) is 10.3 Å². The van der Waals surface area contributed by atoms with Gasteiger partial charge in [0, 0.05) is 22.0 Å². The van der Waals surface area contributed by atoms with Crippen LogP contribution in [-0.4, -0.2) is 15.0 Å². The number of hydrogen-bond acceptors (Lipinski definition) is 2. The Morgan fingerprint density at radius 2 is 1.74 bits per heavy atom. The number of sulfonamides is 1. The predicted octanol–water partition coefficient (Wildman–Crippen LogP) is 4.31. The molecule has 0 saturated heterocycles. The summed E-state index contributed by atoms with van der Waals surface area (Å²) in [5, 5.41) is 1.24. The van der Waals surface area contributed by atoms with Gasteiger partial charge in [-0.15, -0.1) is 0 Å². The molecule has 1 fully saturated rings. The molecule has 3 rings (SSSR count). The van der Waals surface area contributed by atoms with Gasteiger partial charge in [0.15, 0.2) is 0 Å². The average Bonchev–Trinajstić information content (AvgIpc) is 3.30. The van der Waals surface area contributed by atoms with Crippen LogP contribution < -0.4 is 4.72 Å². The van der Waals surface area contributed by atoms with Crippen molar-refractivity contribution in [1.29, 1.82) is 0 Å². The van der Waals surface area contributed by atoms with E-state index < -0.39 is 10.0 Å². The van der Waals surface area contributed by atoms with E-state index >= 15 is 0 Å². The quantitative estimate of drug-likeness (QED) is 0.853. The molecule has 6 heteroatoms. The van der Waals surface area contributed by atoms with E-state index in [2.05, 4.69) is 4.72 Å². The van der Waals surface area contributed by atoms with E-state index in [1.807, 2.05) is 24.3 Å². The van der Waals surface area contributed by atoms with Gasteiger partial charge < -0.3 is 0 Å². The molecule has 122 valence electrons. The number of nitrogens with one attached hydrogen (secondary N) is 1. The predicted molar refractivity (Wildman–Crippen MR) is 93.7 cm³/mol. The van der Waals surface area contributed by atoms with Gasteiger partial charge in [-0.3, -0.25) is 0 Å². The fourth-order valence-electron chi connectivity index (χ4n) is 2.62. The number of aryl methyl sites for hydroxylation is 1. The third kappa shape index (κ3) is 3.56. The zero-order valence-electron chi connectivity index (χ0n) is 12.6. The van der Waals surface area contributed by atoms with Crippen molar-refractivity contribution in [2.45, 2.75) is 30.1 Å². The topological polar surface area (TPSA) is 46.2 Å². The Morgan fingerprint density at radius 1 is 1.09 bits per heavy atom. The van der Waals surface area contributed by atoms with Crippen molar-refractivity contribution in [2.75, 3.05) is 6.54 Å². The summed E-state index contributed by atoms with van der Waals surface area (Å²) in [6.07, 6.45) is 1.94. The standard InChI is InChI=1S/C17H17Cl2NO2S/c1-12-10-15(6-7-16(12)19)23(21,22)20-11-17(8-9-17)13-2-4-14(18)5-3-13/h2-7,10,20H,8-9,11H2,1H3. The van der Waals surface area contributed by atoms with Crippen LogP contribution in [0, 0.1) is 6.92 Å². The maximum Gasteiger partial charge on any atom is 0.240 e.